The van der Waals surface area contributed by atoms with Crippen LogP contribution in [-0.4, -0.2) is 26.5 Å². The number of hydrogen-bond donors (Lipinski definition) is 0. The van der Waals surface area contributed by atoms with Crippen LogP contribution in [0.25, 0.3) is 0 Å². The van der Waals surface area contributed by atoms with E-state index in [1.807, 2.05) is 12.1 Å². The van der Waals surface area contributed by atoms with Crippen molar-refractivity contribution in [3.8, 4) is 5.75 Å². The first-order valence-electron chi connectivity index (χ1n) is 12.6. The Morgan fingerprint density at radius 2 is 1.06 bits per heavy atom. The summed E-state index contributed by atoms with van der Waals surface area (Å²) in [6.07, 6.45) is 5.58. The molecule has 0 N–H and O–H groups in total. The van der Waals surface area contributed by atoms with Gasteiger partial charge >= 0.3 is 0 Å². The topological polar surface area (TPSA) is 18.5 Å². The van der Waals surface area contributed by atoms with Gasteiger partial charge in [0, 0.05) is 6.61 Å². The van der Waals surface area contributed by atoms with Crippen LogP contribution in [0.1, 0.15) is 24.8 Å². The Morgan fingerprint density at radius 3 is 1.53 bits per heavy atom. The lowest BCUT2D eigenvalue weighted by atomic mass is 10.1. The van der Waals surface area contributed by atoms with E-state index in [1.54, 1.807) is 7.11 Å². The molecule has 0 radical (unpaired) electrons. The third-order valence-electron chi connectivity index (χ3n) is 6.57. The summed E-state index contributed by atoms with van der Waals surface area (Å²) in [5, 5.41) is 4.40. The number of ether oxygens (including phenoxy) is 2. The fourth-order valence-corrected chi connectivity index (χ4v) is 9.11. The standard InChI is InChI=1S/C32H36O2P.BrH/c1-33-29-22-20-28(21-23-29)24-26-34-25-12-5-13-27-35(30-14-6-2-7-15-30,31-16-8-3-9-17-31)32-18-10-4-11-19-32;/h2-4,6-11,14-23H,5,12-13,24-27H2,1H3;1H/q+1;/p-1. The van der Waals surface area contributed by atoms with Crippen LogP contribution in [-0.2, 0) is 11.2 Å². The average Bonchev–Trinajstić information content (AvgIpc) is 2.94. The summed E-state index contributed by atoms with van der Waals surface area (Å²) >= 11 is 0. The minimum absolute atomic E-state index is 0. The van der Waals surface area contributed by atoms with Crippen molar-refractivity contribution >= 4 is 23.2 Å². The Bertz CT molecular complexity index is 1020. The van der Waals surface area contributed by atoms with E-state index in [0.29, 0.717) is 0 Å². The molecule has 0 saturated heterocycles. The second kappa shape index (κ2) is 15.0. The maximum Gasteiger partial charge on any atom is 0.118 e. The third kappa shape index (κ3) is 7.29. The molecule has 0 aliphatic rings. The van der Waals surface area contributed by atoms with Crippen molar-refractivity contribution in [2.75, 3.05) is 26.5 Å². The molecule has 36 heavy (non-hydrogen) atoms. The van der Waals surface area contributed by atoms with E-state index in [9.17, 15) is 0 Å². The van der Waals surface area contributed by atoms with Crippen molar-refractivity contribution in [3.05, 3.63) is 121 Å². The van der Waals surface area contributed by atoms with Gasteiger partial charge < -0.3 is 26.5 Å². The number of methoxy groups -OCH3 is 1. The van der Waals surface area contributed by atoms with Gasteiger partial charge in [-0.3, -0.25) is 0 Å². The van der Waals surface area contributed by atoms with E-state index in [2.05, 4.69) is 103 Å². The zero-order valence-corrected chi connectivity index (χ0v) is 23.5. The van der Waals surface area contributed by atoms with Crippen molar-refractivity contribution in [3.63, 3.8) is 0 Å². The molecule has 0 amide bonds. The van der Waals surface area contributed by atoms with Gasteiger partial charge in [0.15, 0.2) is 0 Å². The first kappa shape index (κ1) is 28.1. The Morgan fingerprint density at radius 1 is 0.556 bits per heavy atom. The highest BCUT2D eigenvalue weighted by Crippen LogP contribution is 2.55. The van der Waals surface area contributed by atoms with Gasteiger partial charge in [-0.05, 0) is 79.8 Å². The average molecular weight is 564 g/mol. The van der Waals surface area contributed by atoms with Crippen LogP contribution in [0.3, 0.4) is 0 Å². The summed E-state index contributed by atoms with van der Waals surface area (Å²) in [6.45, 7) is 1.59. The molecule has 0 aliphatic carbocycles. The van der Waals surface area contributed by atoms with Gasteiger partial charge in [0.05, 0.1) is 19.9 Å². The normalized spacial score (nSPS) is 11.0. The molecule has 188 valence electrons. The number of benzene rings is 4. The Hall–Kier alpha value is -2.45. The van der Waals surface area contributed by atoms with E-state index in [1.165, 1.54) is 40.5 Å². The lowest BCUT2D eigenvalue weighted by molar-refractivity contribution is -0.00000801. The van der Waals surface area contributed by atoms with E-state index in [-0.39, 0.29) is 17.0 Å². The van der Waals surface area contributed by atoms with Gasteiger partial charge in [-0.2, -0.15) is 0 Å². The molecular formula is C32H36BrO2P. The van der Waals surface area contributed by atoms with Gasteiger partial charge in [-0.15, -0.1) is 0 Å². The van der Waals surface area contributed by atoms with Gasteiger partial charge in [0.2, 0.25) is 0 Å². The Labute approximate surface area is 227 Å². The summed E-state index contributed by atoms with van der Waals surface area (Å²) in [5.41, 5.74) is 1.29. The molecule has 4 aromatic carbocycles. The second-order valence-corrected chi connectivity index (χ2v) is 12.4. The molecule has 0 fully saturated rings. The molecule has 0 bridgehead atoms. The van der Waals surface area contributed by atoms with Gasteiger partial charge in [0.25, 0.3) is 0 Å². The van der Waals surface area contributed by atoms with Crippen LogP contribution in [0, 0.1) is 0 Å². The Balaban J connectivity index is 0.00000361. The molecule has 2 nitrogen and oxygen atoms in total. The summed E-state index contributed by atoms with van der Waals surface area (Å²) in [5.74, 6) is 0.898. The number of hydrogen-bond acceptors (Lipinski definition) is 2. The monoisotopic (exact) mass is 562 g/mol. The maximum atomic E-state index is 5.96. The molecule has 4 heteroatoms. The smallest absolute Gasteiger partial charge is 0.118 e. The van der Waals surface area contributed by atoms with Crippen molar-refractivity contribution in [1.82, 2.24) is 0 Å². The number of halogens is 1. The third-order valence-corrected chi connectivity index (χ3v) is 11.1. The van der Waals surface area contributed by atoms with Crippen molar-refractivity contribution in [2.45, 2.75) is 25.7 Å². The Kier molecular flexibility index (Phi) is 11.7. The molecule has 4 aromatic rings. The maximum absolute atomic E-state index is 5.96. The molecule has 0 spiro atoms. The van der Waals surface area contributed by atoms with Crippen molar-refractivity contribution in [1.29, 1.82) is 0 Å². The molecule has 4 rings (SSSR count). The SMILES string of the molecule is COc1ccc(CCOCCCCC[P+](c2ccccc2)(c2ccccc2)c2ccccc2)cc1.[Br-]. The van der Waals surface area contributed by atoms with Crippen LogP contribution >= 0.6 is 7.26 Å². The second-order valence-electron chi connectivity index (χ2n) is 8.81. The molecule has 0 aliphatic heterocycles. The highest BCUT2D eigenvalue weighted by Gasteiger charge is 2.44. The summed E-state index contributed by atoms with van der Waals surface area (Å²) in [4.78, 5) is 0. The lowest BCUT2D eigenvalue weighted by Crippen LogP contribution is -3.00. The van der Waals surface area contributed by atoms with Gasteiger partial charge in [-0.1, -0.05) is 66.7 Å². The molecule has 0 unspecified atom stereocenters. The predicted octanol–water partition coefficient (Wildman–Crippen LogP) is 3.42. The minimum Gasteiger partial charge on any atom is -1.00 e. The highest BCUT2D eigenvalue weighted by molar-refractivity contribution is 7.95. The summed E-state index contributed by atoms with van der Waals surface area (Å²) in [7, 11) is -0.0145. The van der Waals surface area contributed by atoms with E-state index >= 15 is 0 Å². The van der Waals surface area contributed by atoms with Crippen LogP contribution < -0.4 is 37.6 Å². The highest BCUT2D eigenvalue weighted by atomic mass is 79.9. The molecule has 0 saturated carbocycles. The summed E-state index contributed by atoms with van der Waals surface area (Å²) < 4.78 is 11.2. The zero-order chi connectivity index (χ0) is 24.2. The van der Waals surface area contributed by atoms with E-state index < -0.39 is 7.26 Å². The first-order valence-corrected chi connectivity index (χ1v) is 14.6. The molecular weight excluding hydrogens is 527 g/mol. The number of rotatable bonds is 13. The van der Waals surface area contributed by atoms with Gasteiger partial charge in [0.1, 0.15) is 28.9 Å². The number of unbranched alkanes of at least 4 members (excludes halogenated alkanes) is 2. The molecule has 0 heterocycles. The largest absolute Gasteiger partial charge is 1.00 e. The molecule has 0 atom stereocenters. The molecule has 0 aromatic heterocycles. The van der Waals surface area contributed by atoms with Crippen molar-refractivity contribution < 1.29 is 26.5 Å². The van der Waals surface area contributed by atoms with Crippen LogP contribution in [0.2, 0.25) is 0 Å². The van der Waals surface area contributed by atoms with E-state index in [0.717, 1.165) is 31.8 Å². The van der Waals surface area contributed by atoms with Crippen LogP contribution in [0.4, 0.5) is 0 Å². The minimum atomic E-state index is -1.71. The first-order chi connectivity index (χ1) is 17.3. The summed E-state index contributed by atoms with van der Waals surface area (Å²) in [6, 6.07) is 41.7. The van der Waals surface area contributed by atoms with Crippen molar-refractivity contribution in [2.24, 2.45) is 0 Å². The fourth-order valence-electron chi connectivity index (χ4n) is 4.70. The lowest BCUT2D eigenvalue weighted by Gasteiger charge is -2.27. The zero-order valence-electron chi connectivity index (χ0n) is 21.1. The van der Waals surface area contributed by atoms with Crippen LogP contribution in [0.15, 0.2) is 115 Å². The fraction of sp³-hybridized carbons (Fsp3) is 0.250. The van der Waals surface area contributed by atoms with Crippen LogP contribution in [0.5, 0.6) is 5.75 Å². The predicted molar refractivity (Wildman–Crippen MR) is 151 cm³/mol. The van der Waals surface area contributed by atoms with E-state index in [4.69, 9.17) is 9.47 Å². The van der Waals surface area contributed by atoms with Gasteiger partial charge in [-0.25, -0.2) is 0 Å². The quantitative estimate of drug-likeness (QED) is 0.184.